The molecular weight excluding hydrogens is 240 g/mol. The summed E-state index contributed by atoms with van der Waals surface area (Å²) in [5.41, 5.74) is 5.83. The molecule has 4 nitrogen and oxygen atoms in total. The van der Waals surface area contributed by atoms with E-state index in [-0.39, 0.29) is 18.5 Å². The van der Waals surface area contributed by atoms with E-state index in [2.05, 4.69) is 5.32 Å². The van der Waals surface area contributed by atoms with E-state index in [0.29, 0.717) is 17.5 Å². The van der Waals surface area contributed by atoms with Gasteiger partial charge in [0.05, 0.1) is 0 Å². The van der Waals surface area contributed by atoms with Crippen LogP contribution in [0.1, 0.15) is 46.5 Å². The van der Waals surface area contributed by atoms with Crippen LogP contribution in [0.5, 0.6) is 0 Å². The van der Waals surface area contributed by atoms with Crippen LogP contribution in [0.25, 0.3) is 0 Å². The van der Waals surface area contributed by atoms with Gasteiger partial charge in [-0.1, -0.05) is 0 Å². The molecule has 0 atom stereocenters. The normalized spacial score (nSPS) is 35.3. The number of ether oxygens (including phenoxy) is 1. The van der Waals surface area contributed by atoms with Gasteiger partial charge in [0.2, 0.25) is 0 Å². The van der Waals surface area contributed by atoms with E-state index in [9.17, 15) is 4.79 Å². The number of amides is 1. The lowest BCUT2D eigenvalue weighted by Gasteiger charge is -2.56. The summed E-state index contributed by atoms with van der Waals surface area (Å²) in [6, 6.07) is 0.685. The summed E-state index contributed by atoms with van der Waals surface area (Å²) in [6.45, 7) is 5.62. The Morgan fingerprint density at radius 2 is 1.82 bits per heavy atom. The van der Waals surface area contributed by atoms with E-state index >= 15 is 0 Å². The van der Waals surface area contributed by atoms with Crippen molar-refractivity contribution in [3.8, 4) is 0 Å². The molecule has 0 heterocycles. The molecule has 2 aliphatic carbocycles. The SMILES string of the molecule is CC(C)(C)OC(=O)NC1CC2(CC(N)C2)C1.Cl. The molecule has 0 aromatic heterocycles. The second-order valence-corrected chi connectivity index (χ2v) is 6.42. The molecule has 1 amide bonds. The monoisotopic (exact) mass is 262 g/mol. The first-order valence-electron chi connectivity index (χ1n) is 6.03. The van der Waals surface area contributed by atoms with Crippen LogP contribution in [-0.4, -0.2) is 23.8 Å². The molecule has 0 saturated heterocycles. The Morgan fingerprint density at radius 3 is 2.24 bits per heavy atom. The zero-order valence-electron chi connectivity index (χ0n) is 10.8. The molecule has 1 spiro atoms. The van der Waals surface area contributed by atoms with Gasteiger partial charge in [-0.15, -0.1) is 12.4 Å². The highest BCUT2D eigenvalue weighted by molar-refractivity contribution is 5.85. The van der Waals surface area contributed by atoms with Gasteiger partial charge in [-0.3, -0.25) is 0 Å². The van der Waals surface area contributed by atoms with Gasteiger partial charge in [0, 0.05) is 12.1 Å². The Balaban J connectivity index is 0.00000144. The second-order valence-electron chi connectivity index (χ2n) is 6.42. The maximum atomic E-state index is 11.5. The lowest BCUT2D eigenvalue weighted by Crippen LogP contribution is -2.59. The number of halogens is 1. The fourth-order valence-corrected chi connectivity index (χ4v) is 2.95. The van der Waals surface area contributed by atoms with Gasteiger partial charge in [0.1, 0.15) is 5.60 Å². The van der Waals surface area contributed by atoms with Crippen molar-refractivity contribution in [2.45, 2.75) is 64.1 Å². The van der Waals surface area contributed by atoms with E-state index in [1.807, 2.05) is 20.8 Å². The van der Waals surface area contributed by atoms with Crippen LogP contribution in [0.4, 0.5) is 4.79 Å². The van der Waals surface area contributed by atoms with Gasteiger partial charge in [0.15, 0.2) is 0 Å². The van der Waals surface area contributed by atoms with Crippen molar-refractivity contribution in [3.05, 3.63) is 0 Å². The molecule has 2 rings (SSSR count). The molecule has 17 heavy (non-hydrogen) atoms. The highest BCUT2D eigenvalue weighted by atomic mass is 35.5. The molecule has 0 bridgehead atoms. The zero-order valence-corrected chi connectivity index (χ0v) is 11.6. The standard InChI is InChI=1S/C12H22N2O2.ClH/c1-11(2,3)16-10(15)14-9-6-12(7-9)4-8(13)5-12;/h8-9H,4-7,13H2,1-3H3,(H,14,15);1H. The summed E-state index contributed by atoms with van der Waals surface area (Å²) in [4.78, 5) is 11.5. The molecule has 5 heteroatoms. The van der Waals surface area contributed by atoms with Crippen molar-refractivity contribution in [1.29, 1.82) is 0 Å². The lowest BCUT2D eigenvalue weighted by molar-refractivity contribution is -0.0227. The number of carbonyl (C=O) groups is 1. The van der Waals surface area contributed by atoms with E-state index in [1.165, 1.54) is 0 Å². The Kier molecular flexibility index (Phi) is 3.99. The first-order chi connectivity index (χ1) is 7.28. The van der Waals surface area contributed by atoms with Gasteiger partial charge in [0.25, 0.3) is 0 Å². The predicted octanol–water partition coefficient (Wildman–Crippen LogP) is 2.20. The highest BCUT2D eigenvalue weighted by Gasteiger charge is 2.52. The zero-order chi connectivity index (χ0) is 12.0. The molecule has 2 aliphatic rings. The third kappa shape index (κ3) is 3.49. The molecule has 0 aromatic carbocycles. The van der Waals surface area contributed by atoms with Gasteiger partial charge in [-0.05, 0) is 51.9 Å². The summed E-state index contributed by atoms with van der Waals surface area (Å²) in [5.74, 6) is 0. The topological polar surface area (TPSA) is 64.3 Å². The van der Waals surface area contributed by atoms with Crippen molar-refractivity contribution in [1.82, 2.24) is 5.32 Å². The summed E-state index contributed by atoms with van der Waals surface area (Å²) in [5, 5.41) is 2.91. The maximum Gasteiger partial charge on any atom is 0.407 e. The Labute approximate surface area is 109 Å². The molecule has 100 valence electrons. The largest absolute Gasteiger partial charge is 0.444 e. The van der Waals surface area contributed by atoms with E-state index in [4.69, 9.17) is 10.5 Å². The Bertz CT molecular complexity index is 287. The molecule has 0 aromatic rings. The van der Waals surface area contributed by atoms with Gasteiger partial charge < -0.3 is 15.8 Å². The van der Waals surface area contributed by atoms with Crippen molar-refractivity contribution >= 4 is 18.5 Å². The fraction of sp³-hybridized carbons (Fsp3) is 0.917. The average molecular weight is 263 g/mol. The van der Waals surface area contributed by atoms with Crippen molar-refractivity contribution < 1.29 is 9.53 Å². The first kappa shape index (κ1) is 14.6. The number of nitrogens with two attached hydrogens (primary N) is 1. The highest BCUT2D eigenvalue weighted by Crippen LogP contribution is 2.55. The summed E-state index contributed by atoms with van der Waals surface area (Å²) < 4.78 is 5.21. The summed E-state index contributed by atoms with van der Waals surface area (Å²) in [7, 11) is 0. The molecule has 0 radical (unpaired) electrons. The van der Waals surface area contributed by atoms with Gasteiger partial charge in [-0.25, -0.2) is 4.79 Å². The molecule has 0 unspecified atom stereocenters. The summed E-state index contributed by atoms with van der Waals surface area (Å²) in [6.07, 6.45) is 4.09. The third-order valence-corrected chi connectivity index (χ3v) is 3.47. The third-order valence-electron chi connectivity index (χ3n) is 3.47. The van der Waals surface area contributed by atoms with Crippen LogP contribution < -0.4 is 11.1 Å². The van der Waals surface area contributed by atoms with Crippen LogP contribution in [0.2, 0.25) is 0 Å². The number of nitrogens with one attached hydrogen (secondary N) is 1. The lowest BCUT2D eigenvalue weighted by atomic mass is 9.52. The van der Waals surface area contributed by atoms with Crippen LogP contribution in [0, 0.1) is 5.41 Å². The number of carbonyl (C=O) groups excluding carboxylic acids is 1. The van der Waals surface area contributed by atoms with E-state index < -0.39 is 5.60 Å². The van der Waals surface area contributed by atoms with Gasteiger partial charge >= 0.3 is 6.09 Å². The van der Waals surface area contributed by atoms with E-state index in [0.717, 1.165) is 25.7 Å². The predicted molar refractivity (Wildman–Crippen MR) is 69.3 cm³/mol. The minimum absolute atomic E-state index is 0. The summed E-state index contributed by atoms with van der Waals surface area (Å²) >= 11 is 0. The number of rotatable bonds is 1. The number of alkyl carbamates (subject to hydrolysis) is 1. The molecule has 2 fully saturated rings. The molecule has 2 saturated carbocycles. The van der Waals surface area contributed by atoms with Crippen molar-refractivity contribution in [2.75, 3.05) is 0 Å². The van der Waals surface area contributed by atoms with Crippen LogP contribution in [0.15, 0.2) is 0 Å². The Morgan fingerprint density at radius 1 is 1.29 bits per heavy atom. The quantitative estimate of drug-likeness (QED) is 0.762. The number of hydrogen-bond donors (Lipinski definition) is 2. The minimum atomic E-state index is -0.412. The van der Waals surface area contributed by atoms with Crippen LogP contribution in [0.3, 0.4) is 0 Å². The fourth-order valence-electron chi connectivity index (χ4n) is 2.95. The van der Waals surface area contributed by atoms with Crippen molar-refractivity contribution in [2.24, 2.45) is 11.1 Å². The smallest absolute Gasteiger partial charge is 0.407 e. The number of hydrogen-bond acceptors (Lipinski definition) is 3. The average Bonchev–Trinajstić information content (AvgIpc) is 1.93. The molecular formula is C12H23ClN2O2. The Hall–Kier alpha value is -0.480. The van der Waals surface area contributed by atoms with Crippen LogP contribution >= 0.6 is 12.4 Å². The van der Waals surface area contributed by atoms with Crippen LogP contribution in [-0.2, 0) is 4.74 Å². The second kappa shape index (κ2) is 4.65. The van der Waals surface area contributed by atoms with Gasteiger partial charge in [-0.2, -0.15) is 0 Å². The minimum Gasteiger partial charge on any atom is -0.444 e. The molecule has 3 N–H and O–H groups in total. The molecule has 0 aliphatic heterocycles. The van der Waals surface area contributed by atoms with E-state index in [1.54, 1.807) is 0 Å². The maximum absolute atomic E-state index is 11.5. The first-order valence-corrected chi connectivity index (χ1v) is 6.03. The van der Waals surface area contributed by atoms with Crippen molar-refractivity contribution in [3.63, 3.8) is 0 Å².